The van der Waals surface area contributed by atoms with Gasteiger partial charge < -0.3 is 10.3 Å². The summed E-state index contributed by atoms with van der Waals surface area (Å²) in [7, 11) is 0. The third-order valence-corrected chi connectivity index (χ3v) is 5.65. The summed E-state index contributed by atoms with van der Waals surface area (Å²) in [5.74, 6) is 0.602. The largest absolute Gasteiger partial charge is 0.384 e. The number of nitrogens with one attached hydrogen (secondary N) is 2. The number of hydrogen-bond acceptors (Lipinski definition) is 5. The molecule has 6 heteroatoms. The van der Waals surface area contributed by atoms with Crippen LogP contribution in [0.1, 0.15) is 17.7 Å². The minimum absolute atomic E-state index is 0.0917. The Bertz CT molecular complexity index is 890. The quantitative estimate of drug-likeness (QED) is 0.738. The summed E-state index contributed by atoms with van der Waals surface area (Å²) < 4.78 is 0. The average Bonchev–Trinajstić information content (AvgIpc) is 3.13. The summed E-state index contributed by atoms with van der Waals surface area (Å²) in [6, 6.07) is 7.92. The molecule has 4 rings (SSSR count). The minimum Gasteiger partial charge on any atom is -0.384 e. The molecule has 0 aliphatic carbocycles. The zero-order valence-corrected chi connectivity index (χ0v) is 14.9. The molecular weight excluding hydrogens is 332 g/mol. The van der Waals surface area contributed by atoms with Crippen LogP contribution in [-0.2, 0) is 6.54 Å². The highest BCUT2D eigenvalue weighted by Crippen LogP contribution is 2.23. The standard InChI is InChI=1S/C19H22N4OS/c24-19-9-17(16-5-6-20-11-18(16)22-19)21-10-14-3-1-7-23(12-14)13-15-4-2-8-25-15/h2,4-6,8-9,11,14H,1,3,7,10,12-13H2,(H2,21,22,24). The first kappa shape index (κ1) is 16.3. The van der Waals surface area contributed by atoms with Gasteiger partial charge in [-0.25, -0.2) is 0 Å². The van der Waals surface area contributed by atoms with Crippen LogP contribution in [-0.4, -0.2) is 34.5 Å². The topological polar surface area (TPSA) is 61.0 Å². The fourth-order valence-corrected chi connectivity index (χ4v) is 4.34. The Morgan fingerprint density at radius 2 is 2.36 bits per heavy atom. The highest BCUT2D eigenvalue weighted by Gasteiger charge is 2.20. The van der Waals surface area contributed by atoms with Crippen LogP contribution in [0.5, 0.6) is 0 Å². The first-order valence-corrected chi connectivity index (χ1v) is 9.61. The van der Waals surface area contributed by atoms with Crippen LogP contribution in [0.4, 0.5) is 5.69 Å². The van der Waals surface area contributed by atoms with E-state index < -0.39 is 0 Å². The van der Waals surface area contributed by atoms with Crippen LogP contribution in [0.15, 0.2) is 46.8 Å². The summed E-state index contributed by atoms with van der Waals surface area (Å²) in [6.45, 7) is 4.22. The number of thiophene rings is 1. The van der Waals surface area contributed by atoms with Gasteiger partial charge in [-0.15, -0.1) is 11.3 Å². The Labute approximate surface area is 150 Å². The number of pyridine rings is 2. The molecule has 130 valence electrons. The van der Waals surface area contributed by atoms with Gasteiger partial charge in [0.15, 0.2) is 0 Å². The van der Waals surface area contributed by atoms with E-state index in [9.17, 15) is 4.79 Å². The van der Waals surface area contributed by atoms with E-state index in [1.54, 1.807) is 18.5 Å². The van der Waals surface area contributed by atoms with Crippen molar-refractivity contribution in [2.24, 2.45) is 5.92 Å². The van der Waals surface area contributed by atoms with E-state index in [2.05, 4.69) is 37.7 Å². The van der Waals surface area contributed by atoms with Crippen LogP contribution in [0.25, 0.3) is 10.9 Å². The molecule has 1 unspecified atom stereocenters. The summed E-state index contributed by atoms with van der Waals surface area (Å²) in [6.07, 6.45) is 5.93. The van der Waals surface area contributed by atoms with E-state index in [1.165, 1.54) is 24.3 Å². The lowest BCUT2D eigenvalue weighted by Crippen LogP contribution is -2.37. The first-order valence-electron chi connectivity index (χ1n) is 8.73. The second-order valence-corrected chi connectivity index (χ2v) is 7.70. The highest BCUT2D eigenvalue weighted by molar-refractivity contribution is 7.09. The molecule has 2 N–H and O–H groups in total. The molecule has 1 aliphatic rings. The SMILES string of the molecule is O=c1cc(NCC2CCCN(Cc3cccs3)C2)c2ccncc2[nH]1. The molecule has 0 bridgehead atoms. The molecule has 1 saturated heterocycles. The van der Waals surface area contributed by atoms with Crippen molar-refractivity contribution >= 4 is 27.9 Å². The van der Waals surface area contributed by atoms with Gasteiger partial charge in [-0.2, -0.15) is 0 Å². The Morgan fingerprint density at radius 1 is 1.40 bits per heavy atom. The number of likely N-dealkylation sites (tertiary alicyclic amines) is 1. The van der Waals surface area contributed by atoms with Crippen LogP contribution in [0.2, 0.25) is 0 Å². The molecule has 1 atom stereocenters. The van der Waals surface area contributed by atoms with Gasteiger partial charge in [0.25, 0.3) is 5.56 Å². The molecule has 1 fully saturated rings. The predicted molar refractivity (Wildman–Crippen MR) is 103 cm³/mol. The maximum Gasteiger partial charge on any atom is 0.250 e. The second kappa shape index (κ2) is 7.37. The fourth-order valence-electron chi connectivity index (χ4n) is 3.59. The Hall–Kier alpha value is -2.18. The fraction of sp³-hybridized carbons (Fsp3) is 0.368. The molecule has 0 amide bonds. The van der Waals surface area contributed by atoms with E-state index in [4.69, 9.17) is 0 Å². The molecule has 0 saturated carbocycles. The van der Waals surface area contributed by atoms with Gasteiger partial charge in [0.2, 0.25) is 0 Å². The van der Waals surface area contributed by atoms with Crippen molar-refractivity contribution in [3.05, 3.63) is 57.3 Å². The molecule has 25 heavy (non-hydrogen) atoms. The van der Waals surface area contributed by atoms with Gasteiger partial charge in [0.1, 0.15) is 0 Å². The van der Waals surface area contributed by atoms with Crippen molar-refractivity contribution < 1.29 is 0 Å². The lowest BCUT2D eigenvalue weighted by molar-refractivity contribution is 0.174. The van der Waals surface area contributed by atoms with Crippen LogP contribution < -0.4 is 10.9 Å². The number of piperidine rings is 1. The summed E-state index contributed by atoms with van der Waals surface area (Å²) in [5, 5.41) is 6.66. The number of rotatable bonds is 5. The monoisotopic (exact) mass is 354 g/mol. The maximum absolute atomic E-state index is 11.9. The van der Waals surface area contributed by atoms with E-state index >= 15 is 0 Å². The molecule has 5 nitrogen and oxygen atoms in total. The lowest BCUT2D eigenvalue weighted by atomic mass is 9.97. The minimum atomic E-state index is -0.0917. The Kier molecular flexibility index (Phi) is 4.81. The van der Waals surface area contributed by atoms with Crippen molar-refractivity contribution in [1.29, 1.82) is 0 Å². The van der Waals surface area contributed by atoms with Crippen molar-refractivity contribution in [2.75, 3.05) is 25.0 Å². The Balaban J connectivity index is 1.42. The van der Waals surface area contributed by atoms with Gasteiger partial charge in [-0.1, -0.05) is 6.07 Å². The molecule has 0 spiro atoms. The number of hydrogen-bond donors (Lipinski definition) is 2. The second-order valence-electron chi connectivity index (χ2n) is 6.67. The van der Waals surface area contributed by atoms with Crippen molar-refractivity contribution in [3.8, 4) is 0 Å². The summed E-state index contributed by atoms with van der Waals surface area (Å²) in [4.78, 5) is 22.8. The molecule has 4 heterocycles. The summed E-state index contributed by atoms with van der Waals surface area (Å²) >= 11 is 1.83. The molecular formula is C19H22N4OS. The van der Waals surface area contributed by atoms with Crippen LogP contribution in [0, 0.1) is 5.92 Å². The predicted octanol–water partition coefficient (Wildman–Crippen LogP) is 3.31. The van der Waals surface area contributed by atoms with E-state index in [0.717, 1.165) is 36.2 Å². The van der Waals surface area contributed by atoms with Crippen LogP contribution in [0.3, 0.4) is 0 Å². The smallest absolute Gasteiger partial charge is 0.250 e. The molecule has 1 aliphatic heterocycles. The zero-order chi connectivity index (χ0) is 17.1. The lowest BCUT2D eigenvalue weighted by Gasteiger charge is -2.32. The third kappa shape index (κ3) is 3.91. The van der Waals surface area contributed by atoms with Gasteiger partial charge in [-0.05, 0) is 42.8 Å². The van der Waals surface area contributed by atoms with Crippen LogP contribution >= 0.6 is 11.3 Å². The number of H-pyrrole nitrogens is 1. The average molecular weight is 354 g/mol. The van der Waals surface area contributed by atoms with Gasteiger partial charge in [-0.3, -0.25) is 14.7 Å². The van der Waals surface area contributed by atoms with Crippen molar-refractivity contribution in [2.45, 2.75) is 19.4 Å². The zero-order valence-electron chi connectivity index (χ0n) is 14.1. The van der Waals surface area contributed by atoms with Gasteiger partial charge >= 0.3 is 0 Å². The highest BCUT2D eigenvalue weighted by atomic mass is 32.1. The van der Waals surface area contributed by atoms with E-state index in [-0.39, 0.29) is 5.56 Å². The first-order chi connectivity index (χ1) is 12.3. The molecule has 3 aromatic heterocycles. The number of nitrogens with zero attached hydrogens (tertiary/aromatic N) is 2. The van der Waals surface area contributed by atoms with E-state index in [0.29, 0.717) is 5.92 Å². The van der Waals surface area contributed by atoms with Crippen molar-refractivity contribution in [3.63, 3.8) is 0 Å². The maximum atomic E-state index is 11.9. The van der Waals surface area contributed by atoms with Crippen molar-refractivity contribution in [1.82, 2.24) is 14.9 Å². The van der Waals surface area contributed by atoms with Gasteiger partial charge in [0.05, 0.1) is 11.7 Å². The number of fused-ring (bicyclic) bond motifs is 1. The normalized spacial score (nSPS) is 18.5. The number of anilines is 1. The molecule has 0 radical (unpaired) electrons. The summed E-state index contributed by atoms with van der Waals surface area (Å²) in [5.41, 5.74) is 1.59. The van der Waals surface area contributed by atoms with E-state index in [1.807, 2.05) is 17.4 Å². The molecule has 3 aromatic rings. The third-order valence-electron chi connectivity index (χ3n) is 4.79. The van der Waals surface area contributed by atoms with Gasteiger partial charge in [0, 0.05) is 47.8 Å². The number of aromatic nitrogens is 2. The Morgan fingerprint density at radius 3 is 3.24 bits per heavy atom. The number of aromatic amines is 1. The molecule has 0 aromatic carbocycles.